The number of aromatic nitrogens is 1. The molecular formula is C13H17BN2O2. The summed E-state index contributed by atoms with van der Waals surface area (Å²) in [6.07, 6.45) is 2.57. The summed E-state index contributed by atoms with van der Waals surface area (Å²) in [5.74, 6) is 0. The average Bonchev–Trinajstić information content (AvgIpc) is 2.43. The quantitative estimate of drug-likeness (QED) is 0.633. The highest BCUT2D eigenvalue weighted by Crippen LogP contribution is 2.13. The first kappa shape index (κ1) is 13.0. The monoisotopic (exact) mass is 244 g/mol. The number of nitrogens with zero attached hydrogens (tertiary/aromatic N) is 1. The highest BCUT2D eigenvalue weighted by atomic mass is 16.3. The lowest BCUT2D eigenvalue weighted by atomic mass is 9.63. The summed E-state index contributed by atoms with van der Waals surface area (Å²) in [6, 6.07) is 8.00. The number of benzene rings is 1. The molecular weight excluding hydrogens is 227 g/mol. The first-order valence-corrected chi connectivity index (χ1v) is 6.06. The number of aliphatic hydroxyl groups is 1. The number of aliphatic hydroxyl groups excluding tert-OH is 1. The van der Waals surface area contributed by atoms with Crippen molar-refractivity contribution >= 4 is 23.3 Å². The molecule has 1 heterocycles. The van der Waals surface area contributed by atoms with E-state index in [-0.39, 0.29) is 6.51 Å². The molecule has 0 aliphatic rings. The fraction of sp³-hybridized carbons (Fsp3) is 0.308. The van der Waals surface area contributed by atoms with Gasteiger partial charge < -0.3 is 15.4 Å². The average molecular weight is 244 g/mol. The van der Waals surface area contributed by atoms with Crippen molar-refractivity contribution in [3.63, 3.8) is 0 Å². The number of likely N-dealkylation sites (N-methyl/N-ethyl adjacent to an activating group) is 1. The largest absolute Gasteiger partial charge is 0.445 e. The van der Waals surface area contributed by atoms with E-state index < -0.39 is 6.92 Å². The van der Waals surface area contributed by atoms with Gasteiger partial charge in [-0.15, -0.1) is 0 Å². The van der Waals surface area contributed by atoms with E-state index in [9.17, 15) is 5.02 Å². The summed E-state index contributed by atoms with van der Waals surface area (Å²) in [5, 5.41) is 22.7. The van der Waals surface area contributed by atoms with Gasteiger partial charge in [-0.2, -0.15) is 0 Å². The predicted molar refractivity (Wildman–Crippen MR) is 74.1 cm³/mol. The lowest BCUT2D eigenvalue weighted by Gasteiger charge is -2.06. The summed E-state index contributed by atoms with van der Waals surface area (Å²) in [5.41, 5.74) is 2.78. The molecule has 0 atom stereocenters. The lowest BCUT2D eigenvalue weighted by molar-refractivity contribution is 0.343. The molecule has 4 nitrogen and oxygen atoms in total. The fourth-order valence-corrected chi connectivity index (χ4v) is 1.91. The van der Waals surface area contributed by atoms with Crippen molar-refractivity contribution in [1.82, 2.24) is 10.3 Å². The highest BCUT2D eigenvalue weighted by Gasteiger charge is 2.13. The third-order valence-corrected chi connectivity index (χ3v) is 2.99. The van der Waals surface area contributed by atoms with Crippen LogP contribution in [-0.4, -0.2) is 42.1 Å². The molecule has 18 heavy (non-hydrogen) atoms. The molecule has 0 aliphatic heterocycles. The maximum Gasteiger partial charge on any atom is 0.352 e. The van der Waals surface area contributed by atoms with Crippen molar-refractivity contribution in [2.75, 3.05) is 20.1 Å². The van der Waals surface area contributed by atoms with Crippen LogP contribution in [0.15, 0.2) is 30.5 Å². The van der Waals surface area contributed by atoms with Gasteiger partial charge in [0.2, 0.25) is 0 Å². The summed E-state index contributed by atoms with van der Waals surface area (Å²) in [7, 11) is 1.93. The molecule has 0 spiro atoms. The van der Waals surface area contributed by atoms with Gasteiger partial charge in [-0.1, -0.05) is 12.1 Å². The molecule has 3 N–H and O–H groups in total. The molecule has 0 saturated heterocycles. The first-order chi connectivity index (χ1) is 8.74. The number of fused-ring (bicyclic) bond motifs is 1. The van der Waals surface area contributed by atoms with Gasteiger partial charge in [-0.3, -0.25) is 4.98 Å². The minimum absolute atomic E-state index is 0.285. The zero-order valence-electron chi connectivity index (χ0n) is 10.4. The van der Waals surface area contributed by atoms with E-state index in [1.165, 1.54) is 5.56 Å². The second kappa shape index (κ2) is 5.95. The third kappa shape index (κ3) is 2.87. The molecule has 1 aromatic carbocycles. The number of rotatable bonds is 5. The molecule has 0 radical (unpaired) electrons. The first-order valence-electron chi connectivity index (χ1n) is 6.06. The van der Waals surface area contributed by atoms with E-state index in [1.807, 2.05) is 19.2 Å². The van der Waals surface area contributed by atoms with Crippen molar-refractivity contribution in [2.45, 2.75) is 6.42 Å². The van der Waals surface area contributed by atoms with Crippen LogP contribution < -0.4 is 10.8 Å². The number of pyridine rings is 1. The van der Waals surface area contributed by atoms with Crippen LogP contribution in [0, 0.1) is 0 Å². The van der Waals surface area contributed by atoms with E-state index in [4.69, 9.17) is 5.11 Å². The Morgan fingerprint density at radius 3 is 2.89 bits per heavy atom. The van der Waals surface area contributed by atoms with Crippen molar-refractivity contribution < 1.29 is 10.1 Å². The van der Waals surface area contributed by atoms with Crippen molar-refractivity contribution in [3.8, 4) is 0 Å². The van der Waals surface area contributed by atoms with Gasteiger partial charge in [0.1, 0.15) is 0 Å². The summed E-state index contributed by atoms with van der Waals surface area (Å²) >= 11 is 0. The normalized spacial score (nSPS) is 10.8. The van der Waals surface area contributed by atoms with Gasteiger partial charge in [0.15, 0.2) is 0 Å². The molecule has 0 amide bonds. The van der Waals surface area contributed by atoms with Crippen LogP contribution in [0.4, 0.5) is 0 Å². The Morgan fingerprint density at radius 1 is 1.33 bits per heavy atom. The van der Waals surface area contributed by atoms with Gasteiger partial charge in [0, 0.05) is 6.20 Å². The SMILES string of the molecule is CNCCc1ccc2ncc(B(O)CO)cc2c1. The summed E-state index contributed by atoms with van der Waals surface area (Å²) in [6.45, 7) is -0.215. The Bertz CT molecular complexity index is 533. The van der Waals surface area contributed by atoms with Gasteiger partial charge >= 0.3 is 6.92 Å². The Morgan fingerprint density at radius 2 is 2.17 bits per heavy atom. The van der Waals surface area contributed by atoms with E-state index in [1.54, 1.807) is 6.20 Å². The number of hydrogen-bond acceptors (Lipinski definition) is 4. The van der Waals surface area contributed by atoms with E-state index >= 15 is 0 Å². The summed E-state index contributed by atoms with van der Waals surface area (Å²) < 4.78 is 0. The van der Waals surface area contributed by atoms with Crippen LogP contribution in [-0.2, 0) is 6.42 Å². The maximum atomic E-state index is 9.60. The molecule has 0 bridgehead atoms. The number of nitrogens with one attached hydrogen (secondary N) is 1. The second-order valence-electron chi connectivity index (χ2n) is 4.35. The zero-order chi connectivity index (χ0) is 13.0. The van der Waals surface area contributed by atoms with Crippen molar-refractivity contribution in [2.24, 2.45) is 0 Å². The van der Waals surface area contributed by atoms with Crippen LogP contribution in [0.3, 0.4) is 0 Å². The predicted octanol–water partition coefficient (Wildman–Crippen LogP) is -0.281. The van der Waals surface area contributed by atoms with Gasteiger partial charge in [0.25, 0.3) is 0 Å². The molecule has 0 fully saturated rings. The topological polar surface area (TPSA) is 65.4 Å². The molecule has 94 valence electrons. The Hall–Kier alpha value is -1.43. The highest BCUT2D eigenvalue weighted by molar-refractivity contribution is 6.66. The standard InChI is InChI=1S/C13H17BN2O2/c1-15-5-4-10-2-3-13-11(6-10)7-12(8-16-13)14(18)9-17/h2-3,6-8,15,17-18H,4-5,9H2,1H3. The fourth-order valence-electron chi connectivity index (χ4n) is 1.91. The van der Waals surface area contributed by atoms with Crippen molar-refractivity contribution in [1.29, 1.82) is 0 Å². The third-order valence-electron chi connectivity index (χ3n) is 2.99. The second-order valence-corrected chi connectivity index (χ2v) is 4.35. The van der Waals surface area contributed by atoms with E-state index in [0.717, 1.165) is 23.9 Å². The van der Waals surface area contributed by atoms with Crippen molar-refractivity contribution in [3.05, 3.63) is 36.0 Å². The molecule has 0 saturated carbocycles. The smallest absolute Gasteiger partial charge is 0.352 e. The van der Waals surface area contributed by atoms with Crippen LogP contribution in [0.2, 0.25) is 0 Å². The summed E-state index contributed by atoms with van der Waals surface area (Å²) in [4.78, 5) is 4.28. The van der Waals surface area contributed by atoms with Gasteiger partial charge in [-0.05, 0) is 48.6 Å². The molecule has 1 aromatic heterocycles. The van der Waals surface area contributed by atoms with Crippen LogP contribution in [0.5, 0.6) is 0 Å². The lowest BCUT2D eigenvalue weighted by Crippen LogP contribution is -2.34. The van der Waals surface area contributed by atoms with E-state index in [2.05, 4.69) is 22.4 Å². The molecule has 0 aliphatic carbocycles. The maximum absolute atomic E-state index is 9.60. The number of hydrogen-bond donors (Lipinski definition) is 3. The Kier molecular flexibility index (Phi) is 4.31. The zero-order valence-corrected chi connectivity index (χ0v) is 10.4. The Labute approximate surface area is 107 Å². The Balaban J connectivity index is 2.33. The minimum atomic E-state index is -0.858. The minimum Gasteiger partial charge on any atom is -0.445 e. The van der Waals surface area contributed by atoms with Crippen LogP contribution in [0.25, 0.3) is 10.9 Å². The van der Waals surface area contributed by atoms with Crippen LogP contribution >= 0.6 is 0 Å². The molecule has 5 heteroatoms. The van der Waals surface area contributed by atoms with E-state index in [0.29, 0.717) is 5.46 Å². The van der Waals surface area contributed by atoms with Gasteiger partial charge in [0.05, 0.1) is 12.0 Å². The molecule has 0 unspecified atom stereocenters. The molecule has 2 rings (SSSR count). The van der Waals surface area contributed by atoms with Crippen LogP contribution in [0.1, 0.15) is 5.56 Å². The van der Waals surface area contributed by atoms with Gasteiger partial charge in [-0.25, -0.2) is 0 Å². The molecule has 2 aromatic rings.